The fourth-order valence-corrected chi connectivity index (χ4v) is 6.22. The maximum Gasteiger partial charge on any atom is 0.312 e. The number of aliphatic hydroxyl groups is 2. The van der Waals surface area contributed by atoms with Gasteiger partial charge in [0.25, 0.3) is 0 Å². The van der Waals surface area contributed by atoms with Gasteiger partial charge in [-0.25, -0.2) is 0 Å². The molecule has 0 radical (unpaired) electrons. The van der Waals surface area contributed by atoms with Crippen LogP contribution in [-0.4, -0.2) is 47.6 Å². The van der Waals surface area contributed by atoms with Crippen LogP contribution in [0.1, 0.15) is 59.3 Å². The molecule has 2 aliphatic carbocycles. The van der Waals surface area contributed by atoms with Crippen LogP contribution >= 0.6 is 0 Å². The minimum Gasteiger partial charge on any atom is -0.465 e. The molecule has 28 heavy (non-hydrogen) atoms. The average molecular weight is 395 g/mol. The minimum atomic E-state index is -0.560. The van der Waals surface area contributed by atoms with Crippen molar-refractivity contribution in [2.75, 3.05) is 13.2 Å². The minimum absolute atomic E-state index is 0.0578. The lowest BCUT2D eigenvalue weighted by molar-refractivity contribution is -0.165. The molecule has 3 fully saturated rings. The van der Waals surface area contributed by atoms with Crippen molar-refractivity contribution >= 4 is 11.9 Å². The van der Waals surface area contributed by atoms with Crippen molar-refractivity contribution in [2.24, 2.45) is 28.6 Å². The Bertz CT molecular complexity index is 645. The largest absolute Gasteiger partial charge is 0.465 e. The first-order valence-electron chi connectivity index (χ1n) is 10.4. The van der Waals surface area contributed by atoms with Crippen LogP contribution in [0.25, 0.3) is 0 Å². The zero-order valence-electron chi connectivity index (χ0n) is 17.3. The molecule has 2 saturated carbocycles. The Morgan fingerprint density at radius 1 is 1.36 bits per heavy atom. The third kappa shape index (κ3) is 3.50. The second kappa shape index (κ2) is 7.79. The number of aliphatic hydroxyl groups excluding tert-OH is 2. The molecule has 7 atom stereocenters. The molecule has 1 aliphatic heterocycles. The molecule has 2 unspecified atom stereocenters. The highest BCUT2D eigenvalue weighted by atomic mass is 16.6. The number of hydrogen-bond acceptors (Lipinski definition) is 6. The number of fused-ring (bicyclic) bond motifs is 1. The van der Waals surface area contributed by atoms with Gasteiger partial charge in [0, 0.05) is 12.3 Å². The zero-order chi connectivity index (χ0) is 20.7. The van der Waals surface area contributed by atoms with Gasteiger partial charge in [0.05, 0.1) is 25.2 Å². The van der Waals surface area contributed by atoms with E-state index in [9.17, 15) is 19.8 Å². The highest BCUT2D eigenvalue weighted by molar-refractivity contribution is 5.75. The summed E-state index contributed by atoms with van der Waals surface area (Å²) in [6.07, 6.45) is 3.16. The Morgan fingerprint density at radius 2 is 2.07 bits per heavy atom. The van der Waals surface area contributed by atoms with E-state index in [1.807, 2.05) is 6.92 Å². The van der Waals surface area contributed by atoms with Gasteiger partial charge in [-0.1, -0.05) is 26.0 Å². The van der Waals surface area contributed by atoms with Gasteiger partial charge in [-0.3, -0.25) is 9.59 Å². The van der Waals surface area contributed by atoms with Crippen molar-refractivity contribution in [1.82, 2.24) is 0 Å². The highest BCUT2D eigenvalue weighted by Crippen LogP contribution is 2.62. The fourth-order valence-electron chi connectivity index (χ4n) is 6.22. The maximum absolute atomic E-state index is 12.2. The number of carbonyl (C=O) groups excluding carboxylic acids is 2. The van der Waals surface area contributed by atoms with Gasteiger partial charge in [-0.2, -0.15) is 0 Å². The lowest BCUT2D eigenvalue weighted by Crippen LogP contribution is -2.58. The van der Waals surface area contributed by atoms with Gasteiger partial charge >= 0.3 is 11.9 Å². The maximum atomic E-state index is 12.2. The summed E-state index contributed by atoms with van der Waals surface area (Å²) in [6, 6.07) is 0. The van der Waals surface area contributed by atoms with Crippen molar-refractivity contribution < 1.29 is 29.3 Å². The number of esters is 2. The van der Waals surface area contributed by atoms with Gasteiger partial charge in [-0.05, 0) is 55.8 Å². The van der Waals surface area contributed by atoms with Gasteiger partial charge in [0.15, 0.2) is 0 Å². The number of allylic oxidation sites excluding steroid dienone is 1. The lowest BCUT2D eigenvalue weighted by Gasteiger charge is -2.60. The summed E-state index contributed by atoms with van der Waals surface area (Å²) in [5, 5.41) is 20.8. The Kier molecular flexibility index (Phi) is 5.93. The van der Waals surface area contributed by atoms with Crippen LogP contribution < -0.4 is 0 Å². The van der Waals surface area contributed by atoms with E-state index in [0.29, 0.717) is 25.9 Å². The van der Waals surface area contributed by atoms with Crippen LogP contribution in [0.15, 0.2) is 12.2 Å². The van der Waals surface area contributed by atoms with E-state index in [2.05, 4.69) is 13.5 Å². The Labute approximate surface area is 167 Å². The smallest absolute Gasteiger partial charge is 0.312 e. The molecule has 0 aromatic carbocycles. The summed E-state index contributed by atoms with van der Waals surface area (Å²) in [5.41, 5.74) is 0.376. The monoisotopic (exact) mass is 394 g/mol. The van der Waals surface area contributed by atoms with Crippen LogP contribution in [0.4, 0.5) is 0 Å². The molecule has 3 rings (SSSR count). The number of rotatable bonds is 5. The molecule has 6 nitrogen and oxygen atoms in total. The fraction of sp³-hybridized carbons (Fsp3) is 0.818. The van der Waals surface area contributed by atoms with Crippen molar-refractivity contribution in [3.8, 4) is 0 Å². The zero-order valence-corrected chi connectivity index (χ0v) is 17.3. The predicted octanol–water partition coefficient (Wildman–Crippen LogP) is 2.61. The summed E-state index contributed by atoms with van der Waals surface area (Å²) in [7, 11) is 0. The Hall–Kier alpha value is -1.40. The SMILES string of the molecule is C=C1CC[C@@H]2[C@](C)(CO)[C@H](O)CC[C@@]2(C)[C@@H]1CC(OC(C)=O)C1CCOC1=O. The molecule has 0 aromatic rings. The summed E-state index contributed by atoms with van der Waals surface area (Å²) < 4.78 is 10.7. The van der Waals surface area contributed by atoms with E-state index < -0.39 is 29.5 Å². The quantitative estimate of drug-likeness (QED) is 0.550. The number of ether oxygens (including phenoxy) is 2. The van der Waals surface area contributed by atoms with Crippen LogP contribution in [0.2, 0.25) is 0 Å². The second-order valence-electron chi connectivity index (χ2n) is 9.47. The topological polar surface area (TPSA) is 93.1 Å². The molecule has 0 spiro atoms. The Balaban J connectivity index is 1.90. The van der Waals surface area contributed by atoms with E-state index in [4.69, 9.17) is 9.47 Å². The van der Waals surface area contributed by atoms with Crippen LogP contribution in [-0.2, 0) is 19.1 Å². The molecule has 6 heteroatoms. The van der Waals surface area contributed by atoms with E-state index in [0.717, 1.165) is 24.8 Å². The van der Waals surface area contributed by atoms with E-state index >= 15 is 0 Å². The summed E-state index contributed by atoms with van der Waals surface area (Å²) in [5.74, 6) is -0.931. The third-order valence-electron chi connectivity index (χ3n) is 7.90. The molecule has 0 amide bonds. The van der Waals surface area contributed by atoms with E-state index in [1.165, 1.54) is 6.92 Å². The molecule has 1 heterocycles. The number of hydrogen-bond donors (Lipinski definition) is 2. The van der Waals surface area contributed by atoms with Gasteiger partial charge in [-0.15, -0.1) is 0 Å². The van der Waals surface area contributed by atoms with Crippen LogP contribution in [0, 0.1) is 28.6 Å². The van der Waals surface area contributed by atoms with Gasteiger partial charge in [0.2, 0.25) is 0 Å². The number of cyclic esters (lactones) is 1. The highest BCUT2D eigenvalue weighted by Gasteiger charge is 2.58. The molecule has 158 valence electrons. The first-order chi connectivity index (χ1) is 13.1. The molecular weight excluding hydrogens is 360 g/mol. The van der Waals surface area contributed by atoms with E-state index in [-0.39, 0.29) is 29.8 Å². The Morgan fingerprint density at radius 3 is 2.64 bits per heavy atom. The normalized spacial score (nSPS) is 41.9. The number of carbonyl (C=O) groups is 2. The van der Waals surface area contributed by atoms with Crippen molar-refractivity contribution in [2.45, 2.75) is 71.5 Å². The first-order valence-corrected chi connectivity index (χ1v) is 10.4. The first kappa shape index (κ1) is 21.3. The van der Waals surface area contributed by atoms with Crippen molar-refractivity contribution in [3.63, 3.8) is 0 Å². The van der Waals surface area contributed by atoms with Crippen LogP contribution in [0.3, 0.4) is 0 Å². The van der Waals surface area contributed by atoms with Crippen LogP contribution in [0.5, 0.6) is 0 Å². The molecule has 0 aromatic heterocycles. The summed E-state index contributed by atoms with van der Waals surface area (Å²) in [6.45, 7) is 10.2. The van der Waals surface area contributed by atoms with Crippen molar-refractivity contribution in [3.05, 3.63) is 12.2 Å². The molecule has 2 N–H and O–H groups in total. The van der Waals surface area contributed by atoms with Crippen molar-refractivity contribution in [1.29, 1.82) is 0 Å². The predicted molar refractivity (Wildman–Crippen MR) is 103 cm³/mol. The molecule has 1 saturated heterocycles. The third-order valence-corrected chi connectivity index (χ3v) is 7.90. The average Bonchev–Trinajstić information content (AvgIpc) is 3.06. The molecule has 3 aliphatic rings. The van der Waals surface area contributed by atoms with E-state index in [1.54, 1.807) is 0 Å². The molecule has 0 bridgehead atoms. The standard InChI is InChI=1S/C22H34O6/c1-13-5-6-18-21(3,9-7-19(25)22(18,4)12-23)16(13)11-17(28-14(2)24)15-8-10-27-20(15)26/h15-19,23,25H,1,5-12H2,2-4H3/t15?,16-,17?,18+,19-,21+,22+/m1/s1. The molecular formula is C22H34O6. The summed E-state index contributed by atoms with van der Waals surface area (Å²) >= 11 is 0. The second-order valence-corrected chi connectivity index (χ2v) is 9.47. The van der Waals surface area contributed by atoms with Gasteiger partial charge in [0.1, 0.15) is 6.10 Å². The van der Waals surface area contributed by atoms with Gasteiger partial charge < -0.3 is 19.7 Å². The lowest BCUT2D eigenvalue weighted by atomic mass is 9.46. The summed E-state index contributed by atoms with van der Waals surface area (Å²) in [4.78, 5) is 23.9.